The molecule has 0 radical (unpaired) electrons. The van der Waals surface area contributed by atoms with Crippen molar-refractivity contribution in [1.82, 2.24) is 0 Å². The molecule has 0 N–H and O–H groups in total. The van der Waals surface area contributed by atoms with Gasteiger partial charge in [-0.2, -0.15) is 0 Å². The molecule has 2 nitrogen and oxygen atoms in total. The minimum absolute atomic E-state index is 0.476. The number of alkyl halides is 2. The Balaban J connectivity index is 2.23. The van der Waals surface area contributed by atoms with Crippen molar-refractivity contribution in [3.63, 3.8) is 0 Å². The Morgan fingerprint density at radius 2 is 2.33 bits per heavy atom. The van der Waals surface area contributed by atoms with Crippen LogP contribution >= 0.6 is 34.5 Å². The van der Waals surface area contributed by atoms with Crippen molar-refractivity contribution in [2.75, 3.05) is 24.8 Å². The van der Waals surface area contributed by atoms with E-state index in [1.807, 2.05) is 0 Å². The first kappa shape index (κ1) is 8.48. The fraction of sp³-hybridized carbons (Fsp3) is 1.00. The maximum absolute atomic E-state index is 5.48. The Bertz CT molecular complexity index is 81.0. The van der Waals surface area contributed by atoms with Gasteiger partial charge in [0.25, 0.3) is 0 Å². The van der Waals surface area contributed by atoms with Gasteiger partial charge in [0.15, 0.2) is 0 Å². The van der Waals surface area contributed by atoms with Crippen LogP contribution in [0.25, 0.3) is 0 Å². The summed E-state index contributed by atoms with van der Waals surface area (Å²) in [5, 5.41) is 0. The van der Waals surface area contributed by atoms with Crippen LogP contribution in [0.4, 0.5) is 0 Å². The monoisotopic (exact) mass is 356 g/mol. The second-order valence-corrected chi connectivity index (χ2v) is 14.3. The first-order chi connectivity index (χ1) is 4.30. The second kappa shape index (κ2) is 4.30. The number of hydrogen-bond donors (Lipinski definition) is 0. The summed E-state index contributed by atoms with van der Waals surface area (Å²) in [6, 6.07) is 0. The molecule has 4 heteroatoms. The molecule has 1 saturated heterocycles. The van der Waals surface area contributed by atoms with Crippen molar-refractivity contribution >= 4 is 34.5 Å². The first-order valence-electron chi connectivity index (χ1n) is 2.75. The van der Waals surface area contributed by atoms with Crippen molar-refractivity contribution in [3.8, 4) is 0 Å². The fourth-order valence-corrected chi connectivity index (χ4v) is 3.96. The molecule has 0 saturated carbocycles. The van der Waals surface area contributed by atoms with Gasteiger partial charge < -0.3 is 0 Å². The summed E-state index contributed by atoms with van der Waals surface area (Å²) in [5.74, 6) is 0. The van der Waals surface area contributed by atoms with Crippen LogP contribution in [-0.4, -0.2) is 28.9 Å². The zero-order valence-electron chi connectivity index (χ0n) is 5.27. The Hall–Kier alpha value is 1.38. The molecule has 0 aromatic carbocycles. The van der Waals surface area contributed by atoms with Gasteiger partial charge >= 0.3 is 72.8 Å². The van der Waals surface area contributed by atoms with E-state index in [-0.39, 0.29) is 0 Å². The Kier molecular flexibility index (Phi) is 4.05. The molecule has 1 atom stereocenters. The molecule has 1 unspecified atom stereocenters. The number of hydrogen-bond acceptors (Lipinski definition) is 2. The molecule has 0 aromatic heterocycles. The van der Waals surface area contributed by atoms with Gasteiger partial charge in [0.2, 0.25) is 0 Å². The molecule has 0 amide bonds. The number of rotatable bonds is 1. The van der Waals surface area contributed by atoms with Gasteiger partial charge in [0, 0.05) is 0 Å². The summed E-state index contributed by atoms with van der Waals surface area (Å²) in [5.41, 5.74) is 0. The molecule has 0 aromatic rings. The summed E-state index contributed by atoms with van der Waals surface area (Å²) in [6.07, 6.45) is 0. The SMILES string of the molecule is CI(I)C1COCCO1. The predicted octanol–water partition coefficient (Wildman–Crippen LogP) is 1.85. The molecule has 0 aliphatic carbocycles. The zero-order chi connectivity index (χ0) is 6.69. The van der Waals surface area contributed by atoms with Crippen LogP contribution in [0.5, 0.6) is 0 Å². The van der Waals surface area contributed by atoms with E-state index in [1.54, 1.807) is 0 Å². The molecule has 1 aliphatic rings. The van der Waals surface area contributed by atoms with E-state index in [4.69, 9.17) is 9.47 Å². The van der Waals surface area contributed by atoms with Crippen molar-refractivity contribution in [3.05, 3.63) is 0 Å². The number of halogens is 2. The van der Waals surface area contributed by atoms with Crippen molar-refractivity contribution in [2.24, 2.45) is 0 Å². The fourth-order valence-electron chi connectivity index (χ4n) is 0.633. The molecular formula is C5H10I2O2. The average Bonchev–Trinajstić information content (AvgIpc) is 1.90. The van der Waals surface area contributed by atoms with Gasteiger partial charge in [-0.3, -0.25) is 0 Å². The van der Waals surface area contributed by atoms with E-state index >= 15 is 0 Å². The van der Waals surface area contributed by atoms with Crippen molar-refractivity contribution < 1.29 is 9.47 Å². The predicted molar refractivity (Wildman–Crippen MR) is 54.5 cm³/mol. The van der Waals surface area contributed by atoms with E-state index < -0.39 is 15.8 Å². The summed E-state index contributed by atoms with van der Waals surface area (Å²) >= 11 is 1.73. The van der Waals surface area contributed by atoms with E-state index in [9.17, 15) is 0 Å². The molecule has 1 fully saturated rings. The van der Waals surface area contributed by atoms with Crippen molar-refractivity contribution in [1.29, 1.82) is 0 Å². The topological polar surface area (TPSA) is 18.5 Å². The molecule has 1 heterocycles. The maximum atomic E-state index is 5.48. The quantitative estimate of drug-likeness (QED) is 0.528. The zero-order valence-corrected chi connectivity index (χ0v) is 9.59. The van der Waals surface area contributed by atoms with Crippen LogP contribution in [-0.2, 0) is 9.47 Å². The van der Waals surface area contributed by atoms with Crippen LogP contribution in [0.15, 0.2) is 0 Å². The normalized spacial score (nSPS) is 30.0. The Labute approximate surface area is 72.2 Å². The van der Waals surface area contributed by atoms with Crippen LogP contribution in [0, 0.1) is 0 Å². The average molecular weight is 356 g/mol. The summed E-state index contributed by atoms with van der Waals surface area (Å²) < 4.78 is 11.2. The summed E-state index contributed by atoms with van der Waals surface area (Å²) in [6.45, 7) is 2.43. The van der Waals surface area contributed by atoms with E-state index in [2.05, 4.69) is 23.5 Å². The summed E-state index contributed by atoms with van der Waals surface area (Å²) in [7, 11) is 0. The molecule has 1 rings (SSSR count). The standard InChI is InChI=1S/C5H10I2O2/c1-7(6)5-4-8-2-3-9-5/h5H,2-4H2,1H3. The molecule has 0 bridgehead atoms. The van der Waals surface area contributed by atoms with Gasteiger partial charge in [0.1, 0.15) is 0 Å². The van der Waals surface area contributed by atoms with E-state index in [0.717, 1.165) is 19.8 Å². The van der Waals surface area contributed by atoms with Crippen LogP contribution in [0.1, 0.15) is 0 Å². The van der Waals surface area contributed by atoms with Gasteiger partial charge in [-0.1, -0.05) is 0 Å². The van der Waals surface area contributed by atoms with Crippen LogP contribution < -0.4 is 0 Å². The summed E-state index contributed by atoms with van der Waals surface area (Å²) in [4.78, 5) is 2.30. The minimum atomic E-state index is -0.781. The third-order valence-corrected chi connectivity index (χ3v) is 7.27. The molecule has 56 valence electrons. The third kappa shape index (κ3) is 2.85. The second-order valence-electron chi connectivity index (χ2n) is 1.80. The molecule has 9 heavy (non-hydrogen) atoms. The Morgan fingerprint density at radius 1 is 1.56 bits per heavy atom. The Morgan fingerprint density at radius 3 is 2.67 bits per heavy atom. The van der Waals surface area contributed by atoms with Crippen LogP contribution in [0.3, 0.4) is 0 Å². The van der Waals surface area contributed by atoms with Gasteiger partial charge in [-0.05, 0) is 0 Å². The van der Waals surface area contributed by atoms with Crippen LogP contribution in [0.2, 0.25) is 0 Å². The van der Waals surface area contributed by atoms with Gasteiger partial charge in [-0.25, -0.2) is 0 Å². The third-order valence-electron chi connectivity index (χ3n) is 1.11. The molecular weight excluding hydrogens is 346 g/mol. The van der Waals surface area contributed by atoms with E-state index in [1.165, 1.54) is 0 Å². The molecule has 0 spiro atoms. The van der Waals surface area contributed by atoms with E-state index in [0.29, 0.717) is 4.11 Å². The number of ether oxygens (including phenoxy) is 2. The van der Waals surface area contributed by atoms with Gasteiger partial charge in [-0.15, -0.1) is 0 Å². The van der Waals surface area contributed by atoms with Crippen molar-refractivity contribution in [2.45, 2.75) is 4.11 Å². The van der Waals surface area contributed by atoms with Gasteiger partial charge in [0.05, 0.1) is 0 Å². The first-order valence-corrected chi connectivity index (χ1v) is 12.4. The molecule has 1 aliphatic heterocycles.